The fourth-order valence-electron chi connectivity index (χ4n) is 1.94. The van der Waals surface area contributed by atoms with Gasteiger partial charge in [-0.15, -0.1) is 11.3 Å². The molecule has 1 unspecified atom stereocenters. The third-order valence-electron chi connectivity index (χ3n) is 2.78. The first-order valence-electron chi connectivity index (χ1n) is 5.31. The van der Waals surface area contributed by atoms with Crippen molar-refractivity contribution in [1.82, 2.24) is 5.32 Å². The van der Waals surface area contributed by atoms with Crippen LogP contribution in [0.25, 0.3) is 0 Å². The van der Waals surface area contributed by atoms with Crippen molar-refractivity contribution in [2.75, 3.05) is 7.05 Å². The highest BCUT2D eigenvalue weighted by Gasteiger charge is 2.19. The second-order valence-electron chi connectivity index (χ2n) is 3.86. The van der Waals surface area contributed by atoms with E-state index in [1.807, 2.05) is 25.2 Å². The molecule has 0 aliphatic heterocycles. The van der Waals surface area contributed by atoms with Gasteiger partial charge in [0.25, 0.3) is 0 Å². The van der Waals surface area contributed by atoms with Gasteiger partial charge in [0.05, 0.1) is 14.7 Å². The molecule has 0 saturated heterocycles. The monoisotopic (exact) mass is 285 g/mol. The Hall–Kier alpha value is -0.540. The van der Waals surface area contributed by atoms with Gasteiger partial charge >= 0.3 is 0 Å². The SMILES string of the molecule is CNC(c1ccccc1C)c1cc(Cl)sc1Cl. The Labute approximate surface area is 115 Å². The molecule has 0 amide bonds. The first kappa shape index (κ1) is 12.9. The number of rotatable bonds is 3. The molecule has 0 aliphatic rings. The van der Waals surface area contributed by atoms with Gasteiger partial charge in [0.15, 0.2) is 0 Å². The Balaban J connectivity index is 2.47. The van der Waals surface area contributed by atoms with E-state index in [0.717, 1.165) is 14.2 Å². The fraction of sp³-hybridized carbons (Fsp3) is 0.231. The van der Waals surface area contributed by atoms with Crippen LogP contribution in [0.5, 0.6) is 0 Å². The molecular formula is C13H13Cl2NS. The zero-order valence-electron chi connectivity index (χ0n) is 9.63. The fourth-order valence-corrected chi connectivity index (χ4v) is 3.47. The van der Waals surface area contributed by atoms with Gasteiger partial charge in [-0.05, 0) is 31.2 Å². The molecule has 0 spiro atoms. The van der Waals surface area contributed by atoms with Crippen LogP contribution in [0.3, 0.4) is 0 Å². The van der Waals surface area contributed by atoms with Gasteiger partial charge in [-0.2, -0.15) is 0 Å². The number of aryl methyl sites for hydroxylation is 1. The van der Waals surface area contributed by atoms with Crippen molar-refractivity contribution in [2.45, 2.75) is 13.0 Å². The van der Waals surface area contributed by atoms with E-state index in [1.165, 1.54) is 22.5 Å². The second-order valence-corrected chi connectivity index (χ2v) is 6.14. The summed E-state index contributed by atoms with van der Waals surface area (Å²) in [7, 11) is 1.93. The molecule has 0 aliphatic carbocycles. The smallest absolute Gasteiger partial charge is 0.0995 e. The molecule has 1 atom stereocenters. The molecule has 2 aromatic rings. The molecule has 4 heteroatoms. The van der Waals surface area contributed by atoms with Crippen LogP contribution < -0.4 is 5.32 Å². The average molecular weight is 286 g/mol. The molecule has 1 heterocycles. The van der Waals surface area contributed by atoms with Crippen LogP contribution >= 0.6 is 34.5 Å². The molecular weight excluding hydrogens is 273 g/mol. The molecule has 90 valence electrons. The third kappa shape index (κ3) is 2.66. The van der Waals surface area contributed by atoms with Gasteiger partial charge in [-0.3, -0.25) is 0 Å². The number of hydrogen-bond donors (Lipinski definition) is 1. The first-order valence-corrected chi connectivity index (χ1v) is 6.88. The quantitative estimate of drug-likeness (QED) is 0.864. The lowest BCUT2D eigenvalue weighted by Crippen LogP contribution is -2.18. The lowest BCUT2D eigenvalue weighted by atomic mass is 9.97. The van der Waals surface area contributed by atoms with Crippen molar-refractivity contribution >= 4 is 34.5 Å². The predicted octanol–water partition coefficient (Wildman–Crippen LogP) is 4.67. The molecule has 1 N–H and O–H groups in total. The lowest BCUT2D eigenvalue weighted by Gasteiger charge is -2.18. The lowest BCUT2D eigenvalue weighted by molar-refractivity contribution is 0.690. The van der Waals surface area contributed by atoms with Gasteiger partial charge < -0.3 is 5.32 Å². The Kier molecular flexibility index (Phi) is 4.10. The minimum absolute atomic E-state index is 0.0902. The summed E-state index contributed by atoms with van der Waals surface area (Å²) in [5.74, 6) is 0. The number of thiophene rings is 1. The summed E-state index contributed by atoms with van der Waals surface area (Å²) in [6.45, 7) is 2.10. The van der Waals surface area contributed by atoms with Gasteiger partial charge in [0.2, 0.25) is 0 Å². The highest BCUT2D eigenvalue weighted by molar-refractivity contribution is 7.20. The number of benzene rings is 1. The van der Waals surface area contributed by atoms with E-state index in [2.05, 4.69) is 24.4 Å². The van der Waals surface area contributed by atoms with Crippen LogP contribution in [-0.4, -0.2) is 7.05 Å². The topological polar surface area (TPSA) is 12.0 Å². The van der Waals surface area contributed by atoms with Gasteiger partial charge in [-0.1, -0.05) is 47.5 Å². The number of nitrogens with one attached hydrogen (secondary N) is 1. The van der Waals surface area contributed by atoms with Crippen molar-refractivity contribution in [3.8, 4) is 0 Å². The molecule has 0 radical (unpaired) electrons. The summed E-state index contributed by atoms with van der Waals surface area (Å²) in [6.07, 6.45) is 0. The molecule has 1 aromatic carbocycles. The van der Waals surface area contributed by atoms with Gasteiger partial charge in [-0.25, -0.2) is 0 Å². The van der Waals surface area contributed by atoms with E-state index in [1.54, 1.807) is 0 Å². The largest absolute Gasteiger partial charge is 0.309 e. The number of hydrogen-bond acceptors (Lipinski definition) is 2. The van der Waals surface area contributed by atoms with E-state index in [-0.39, 0.29) is 6.04 Å². The van der Waals surface area contributed by atoms with Crippen LogP contribution in [0.1, 0.15) is 22.7 Å². The minimum atomic E-state index is 0.0902. The maximum Gasteiger partial charge on any atom is 0.0995 e. The van der Waals surface area contributed by atoms with Crippen LogP contribution in [-0.2, 0) is 0 Å². The van der Waals surface area contributed by atoms with Gasteiger partial charge in [0.1, 0.15) is 0 Å². The third-order valence-corrected chi connectivity index (χ3v) is 4.30. The molecule has 2 rings (SSSR count). The normalized spacial score (nSPS) is 12.7. The van der Waals surface area contributed by atoms with E-state index >= 15 is 0 Å². The van der Waals surface area contributed by atoms with Crippen molar-refractivity contribution in [1.29, 1.82) is 0 Å². The van der Waals surface area contributed by atoms with Crippen molar-refractivity contribution in [2.24, 2.45) is 0 Å². The van der Waals surface area contributed by atoms with E-state index in [4.69, 9.17) is 23.2 Å². The Morgan fingerprint density at radius 3 is 2.41 bits per heavy atom. The average Bonchev–Trinajstić information content (AvgIpc) is 2.62. The molecule has 1 aromatic heterocycles. The number of halogens is 2. The molecule has 0 fully saturated rings. The summed E-state index contributed by atoms with van der Waals surface area (Å²) in [4.78, 5) is 0. The standard InChI is InChI=1S/C13H13Cl2NS/c1-8-5-3-4-6-9(8)12(16-2)10-7-11(14)17-13(10)15/h3-7,12,16H,1-2H3. The Morgan fingerprint density at radius 1 is 1.18 bits per heavy atom. The molecule has 0 bridgehead atoms. The minimum Gasteiger partial charge on any atom is -0.309 e. The Morgan fingerprint density at radius 2 is 1.88 bits per heavy atom. The summed E-state index contributed by atoms with van der Waals surface area (Å²) in [6, 6.07) is 10.3. The van der Waals surface area contributed by atoms with E-state index in [0.29, 0.717) is 0 Å². The molecule has 17 heavy (non-hydrogen) atoms. The summed E-state index contributed by atoms with van der Waals surface area (Å²) in [5.41, 5.74) is 3.51. The molecule has 0 saturated carbocycles. The maximum atomic E-state index is 6.21. The molecule has 1 nitrogen and oxygen atoms in total. The zero-order chi connectivity index (χ0) is 12.4. The highest BCUT2D eigenvalue weighted by Crippen LogP contribution is 2.37. The van der Waals surface area contributed by atoms with Crippen molar-refractivity contribution in [3.05, 3.63) is 55.7 Å². The van der Waals surface area contributed by atoms with Crippen LogP contribution in [0.2, 0.25) is 8.67 Å². The maximum absolute atomic E-state index is 6.21. The van der Waals surface area contributed by atoms with E-state index in [9.17, 15) is 0 Å². The Bertz CT molecular complexity index is 522. The van der Waals surface area contributed by atoms with Crippen LogP contribution in [0, 0.1) is 6.92 Å². The van der Waals surface area contributed by atoms with Crippen LogP contribution in [0.15, 0.2) is 30.3 Å². The summed E-state index contributed by atoms with van der Waals surface area (Å²) >= 11 is 13.6. The summed E-state index contributed by atoms with van der Waals surface area (Å²) in [5, 5.41) is 3.29. The van der Waals surface area contributed by atoms with Gasteiger partial charge in [0, 0.05) is 5.56 Å². The highest BCUT2D eigenvalue weighted by atomic mass is 35.5. The van der Waals surface area contributed by atoms with Crippen LogP contribution in [0.4, 0.5) is 0 Å². The van der Waals surface area contributed by atoms with Crippen molar-refractivity contribution < 1.29 is 0 Å². The summed E-state index contributed by atoms with van der Waals surface area (Å²) < 4.78 is 1.47. The first-order chi connectivity index (χ1) is 8.13. The second kappa shape index (κ2) is 5.40. The zero-order valence-corrected chi connectivity index (χ0v) is 12.0. The van der Waals surface area contributed by atoms with Crippen molar-refractivity contribution in [3.63, 3.8) is 0 Å². The predicted molar refractivity (Wildman–Crippen MR) is 76.4 cm³/mol. The van der Waals surface area contributed by atoms with E-state index < -0.39 is 0 Å².